The number of benzene rings is 2. The first-order valence-corrected chi connectivity index (χ1v) is 15.5. The molecule has 0 radical (unpaired) electrons. The highest BCUT2D eigenvalue weighted by atomic mass is 16.5. The van der Waals surface area contributed by atoms with Crippen LogP contribution in [-0.2, 0) is 46.7 Å². The molecule has 0 bridgehead atoms. The summed E-state index contributed by atoms with van der Waals surface area (Å²) in [5, 5.41) is 25.9. The molecule has 47 heavy (non-hydrogen) atoms. The van der Waals surface area contributed by atoms with Gasteiger partial charge in [-0.2, -0.15) is 0 Å². The Labute approximate surface area is 273 Å². The van der Waals surface area contributed by atoms with Gasteiger partial charge in [0.2, 0.25) is 11.8 Å². The highest BCUT2D eigenvalue weighted by Gasteiger charge is 2.21. The van der Waals surface area contributed by atoms with E-state index in [1.807, 2.05) is 48.5 Å². The Balaban J connectivity index is 1.75. The highest BCUT2D eigenvalue weighted by molar-refractivity contribution is 5.85. The zero-order chi connectivity index (χ0) is 34.3. The van der Waals surface area contributed by atoms with E-state index in [0.717, 1.165) is 16.0 Å². The number of ether oxygens (including phenoxy) is 2. The summed E-state index contributed by atoms with van der Waals surface area (Å²) < 4.78 is 10.5. The van der Waals surface area contributed by atoms with Crippen molar-refractivity contribution in [3.8, 4) is 0 Å². The average molecular weight is 657 g/mol. The number of carbonyl (C=O) groups excluding carboxylic acids is 4. The van der Waals surface area contributed by atoms with E-state index in [0.29, 0.717) is 38.6 Å². The molecule has 0 aliphatic rings. The Bertz CT molecular complexity index is 1260. The fourth-order valence-corrected chi connectivity index (χ4v) is 4.40. The Hall–Kier alpha value is -4.98. The second-order valence-electron chi connectivity index (χ2n) is 10.8. The second kappa shape index (κ2) is 22.5. The van der Waals surface area contributed by atoms with Gasteiger partial charge in [0.1, 0.15) is 19.3 Å². The van der Waals surface area contributed by atoms with Crippen molar-refractivity contribution in [1.82, 2.24) is 20.9 Å². The van der Waals surface area contributed by atoms with Crippen LogP contribution in [0.15, 0.2) is 60.7 Å². The van der Waals surface area contributed by atoms with Crippen LogP contribution in [0.3, 0.4) is 0 Å². The number of hydrogen-bond donors (Lipinski definition) is 5. The average Bonchev–Trinajstić information content (AvgIpc) is 3.03. The normalized spacial score (nSPS) is 11.3. The number of aliphatic carboxylic acids is 2. The molecule has 0 saturated carbocycles. The smallest absolute Gasteiger partial charge is 0.408 e. The van der Waals surface area contributed by atoms with E-state index in [4.69, 9.17) is 19.7 Å². The number of esters is 1. The van der Waals surface area contributed by atoms with Crippen molar-refractivity contribution >= 4 is 35.8 Å². The van der Waals surface area contributed by atoms with Gasteiger partial charge >= 0.3 is 24.0 Å². The molecule has 14 heteroatoms. The van der Waals surface area contributed by atoms with Gasteiger partial charge in [0.15, 0.2) is 0 Å². The van der Waals surface area contributed by atoms with Crippen LogP contribution in [-0.4, -0.2) is 89.7 Å². The van der Waals surface area contributed by atoms with Crippen molar-refractivity contribution in [2.24, 2.45) is 0 Å². The number of hydrogen-bond acceptors (Lipinski definition) is 9. The molecule has 0 heterocycles. The van der Waals surface area contributed by atoms with Crippen LogP contribution >= 0.6 is 0 Å². The fourth-order valence-electron chi connectivity index (χ4n) is 4.40. The molecule has 1 atom stereocenters. The Morgan fingerprint density at radius 1 is 0.660 bits per heavy atom. The molecular formula is C33H44N4O10. The van der Waals surface area contributed by atoms with E-state index >= 15 is 0 Å². The summed E-state index contributed by atoms with van der Waals surface area (Å²) in [4.78, 5) is 72.4. The Kier molecular flexibility index (Phi) is 18.3. The van der Waals surface area contributed by atoms with Crippen molar-refractivity contribution in [3.05, 3.63) is 71.8 Å². The first kappa shape index (κ1) is 38.2. The van der Waals surface area contributed by atoms with E-state index in [2.05, 4.69) is 16.0 Å². The lowest BCUT2D eigenvalue weighted by Gasteiger charge is -2.19. The molecule has 0 spiro atoms. The number of amides is 3. The van der Waals surface area contributed by atoms with Gasteiger partial charge in [0, 0.05) is 19.5 Å². The van der Waals surface area contributed by atoms with Gasteiger partial charge in [-0.15, -0.1) is 0 Å². The van der Waals surface area contributed by atoms with Crippen LogP contribution in [0.1, 0.15) is 56.1 Å². The topological polar surface area (TPSA) is 201 Å². The first-order chi connectivity index (χ1) is 22.6. The molecule has 5 N–H and O–H groups in total. The molecule has 3 amide bonds. The third kappa shape index (κ3) is 18.6. The van der Waals surface area contributed by atoms with Gasteiger partial charge in [0.05, 0.1) is 19.6 Å². The van der Waals surface area contributed by atoms with E-state index in [1.165, 1.54) is 0 Å². The molecule has 0 aromatic heterocycles. The summed E-state index contributed by atoms with van der Waals surface area (Å²) in [6, 6.07) is 17.6. The predicted octanol–water partition coefficient (Wildman–Crippen LogP) is 2.46. The summed E-state index contributed by atoms with van der Waals surface area (Å²) in [5.41, 5.74) is 1.70. The van der Waals surface area contributed by atoms with Crippen molar-refractivity contribution in [2.75, 3.05) is 32.7 Å². The SMILES string of the molecule is O=C(O)CN(CC(=O)O)CC(=O)NCCCCC(NC(=O)OCc1ccccc1)C(=O)NCCCCCC(=O)OCc1ccccc1. The maximum absolute atomic E-state index is 13.0. The number of nitrogens with zero attached hydrogens (tertiary/aromatic N) is 1. The molecule has 256 valence electrons. The maximum atomic E-state index is 13.0. The number of carbonyl (C=O) groups is 6. The minimum Gasteiger partial charge on any atom is -0.480 e. The minimum absolute atomic E-state index is 0.0294. The van der Waals surface area contributed by atoms with Crippen LogP contribution in [0.25, 0.3) is 0 Å². The quantitative estimate of drug-likeness (QED) is 0.0869. The number of nitrogens with one attached hydrogen (secondary N) is 3. The largest absolute Gasteiger partial charge is 0.480 e. The zero-order valence-corrected chi connectivity index (χ0v) is 26.4. The molecule has 1 unspecified atom stereocenters. The zero-order valence-electron chi connectivity index (χ0n) is 26.4. The Morgan fingerprint density at radius 3 is 1.81 bits per heavy atom. The van der Waals surface area contributed by atoms with Crippen LogP contribution in [0, 0.1) is 0 Å². The second-order valence-corrected chi connectivity index (χ2v) is 10.8. The highest BCUT2D eigenvalue weighted by Crippen LogP contribution is 2.07. The molecular weight excluding hydrogens is 612 g/mol. The number of unbranched alkanes of at least 4 members (excludes halogenated alkanes) is 3. The Morgan fingerprint density at radius 2 is 1.21 bits per heavy atom. The molecule has 0 aliphatic heterocycles. The lowest BCUT2D eigenvalue weighted by molar-refractivity contribution is -0.145. The van der Waals surface area contributed by atoms with Crippen molar-refractivity contribution < 1.29 is 48.5 Å². The summed E-state index contributed by atoms with van der Waals surface area (Å²) in [6.07, 6.45) is 2.56. The lowest BCUT2D eigenvalue weighted by atomic mass is 10.1. The summed E-state index contributed by atoms with van der Waals surface area (Å²) in [5.74, 6) is -3.72. The van der Waals surface area contributed by atoms with Gasteiger partial charge in [-0.3, -0.25) is 28.9 Å². The van der Waals surface area contributed by atoms with E-state index in [9.17, 15) is 28.8 Å². The van der Waals surface area contributed by atoms with E-state index in [1.54, 1.807) is 12.1 Å². The van der Waals surface area contributed by atoms with Gasteiger partial charge < -0.3 is 35.6 Å². The van der Waals surface area contributed by atoms with Gasteiger partial charge in [-0.25, -0.2) is 4.79 Å². The van der Waals surface area contributed by atoms with E-state index in [-0.39, 0.29) is 38.6 Å². The first-order valence-electron chi connectivity index (χ1n) is 15.5. The van der Waals surface area contributed by atoms with Crippen LogP contribution in [0.5, 0.6) is 0 Å². The summed E-state index contributed by atoms with van der Waals surface area (Å²) in [6.45, 7) is -0.785. The van der Waals surface area contributed by atoms with Crippen molar-refractivity contribution in [2.45, 2.75) is 64.2 Å². The number of carboxylic acids is 2. The predicted molar refractivity (Wildman–Crippen MR) is 170 cm³/mol. The molecule has 2 aromatic carbocycles. The summed E-state index contributed by atoms with van der Waals surface area (Å²) in [7, 11) is 0. The monoisotopic (exact) mass is 656 g/mol. The third-order valence-electron chi connectivity index (χ3n) is 6.75. The van der Waals surface area contributed by atoms with Gasteiger partial charge in [-0.05, 0) is 43.2 Å². The number of carboxylic acid groups (broad SMARTS) is 2. The molecule has 2 aromatic rings. The lowest BCUT2D eigenvalue weighted by Crippen LogP contribution is -2.47. The van der Waals surface area contributed by atoms with Crippen LogP contribution in [0.4, 0.5) is 4.79 Å². The molecule has 2 rings (SSSR count). The fraction of sp³-hybridized carbons (Fsp3) is 0.455. The maximum Gasteiger partial charge on any atom is 0.408 e. The molecule has 0 fully saturated rings. The van der Waals surface area contributed by atoms with Gasteiger partial charge in [0.25, 0.3) is 0 Å². The van der Waals surface area contributed by atoms with Crippen LogP contribution < -0.4 is 16.0 Å². The van der Waals surface area contributed by atoms with Crippen LogP contribution in [0.2, 0.25) is 0 Å². The van der Waals surface area contributed by atoms with Crippen molar-refractivity contribution in [3.63, 3.8) is 0 Å². The molecule has 0 aliphatic carbocycles. The van der Waals surface area contributed by atoms with E-state index < -0.39 is 55.5 Å². The standard InChI is InChI=1S/C33H44N4O10/c38-28(20-37(21-29(39)40)22-30(41)42)34-18-11-9-16-27(36-33(45)47-24-26-14-6-2-7-15-26)32(44)35-19-10-3-8-17-31(43)46-23-25-12-4-1-5-13-25/h1-2,4-7,12-15,27H,3,8-11,16-24H2,(H,34,38)(H,35,44)(H,36,45)(H,39,40)(H,41,42). The minimum atomic E-state index is -1.25. The number of rotatable bonds is 23. The number of alkyl carbamates (subject to hydrolysis) is 1. The van der Waals surface area contributed by atoms with Gasteiger partial charge in [-0.1, -0.05) is 67.1 Å². The molecule has 0 saturated heterocycles. The third-order valence-corrected chi connectivity index (χ3v) is 6.75. The molecule has 14 nitrogen and oxygen atoms in total. The summed E-state index contributed by atoms with van der Waals surface area (Å²) >= 11 is 0. The van der Waals surface area contributed by atoms with Crippen molar-refractivity contribution in [1.29, 1.82) is 0 Å².